The Bertz CT molecular complexity index is 833. The molecule has 7 nitrogen and oxygen atoms in total. The van der Waals surface area contributed by atoms with Gasteiger partial charge in [-0.1, -0.05) is 25.4 Å². The molecule has 1 aliphatic heterocycles. The van der Waals surface area contributed by atoms with Crippen molar-refractivity contribution in [1.29, 1.82) is 0 Å². The van der Waals surface area contributed by atoms with Crippen LogP contribution in [0.1, 0.15) is 42.8 Å². The first-order chi connectivity index (χ1) is 13.1. The van der Waals surface area contributed by atoms with Crippen molar-refractivity contribution >= 4 is 50.4 Å². The molecule has 1 fully saturated rings. The number of Topliss-reactive ketones (excluding diaryl/α,β-unsaturated/α-hetero) is 1. The Morgan fingerprint density at radius 3 is 2.54 bits per heavy atom. The number of ether oxygens (including phenoxy) is 1. The van der Waals surface area contributed by atoms with Crippen LogP contribution in [-0.2, 0) is 24.2 Å². The van der Waals surface area contributed by atoms with E-state index in [1.165, 1.54) is 4.90 Å². The highest BCUT2D eigenvalue weighted by molar-refractivity contribution is 7.91. The third-order valence-electron chi connectivity index (χ3n) is 4.29. The molecule has 0 saturated carbocycles. The Hall–Kier alpha value is -1.45. The number of carbonyl (C=O) groups excluding carboxylic acids is 3. The molecule has 10 heteroatoms. The number of halogens is 1. The molecule has 1 amide bonds. The summed E-state index contributed by atoms with van der Waals surface area (Å²) in [6.07, 6.45) is 0.233. The van der Waals surface area contributed by atoms with Crippen molar-refractivity contribution in [2.45, 2.75) is 39.2 Å². The highest BCUT2D eigenvalue weighted by atomic mass is 35.5. The average molecular weight is 450 g/mol. The highest BCUT2D eigenvalue weighted by Gasteiger charge is 2.35. The van der Waals surface area contributed by atoms with Crippen LogP contribution >= 0.6 is 22.9 Å². The molecule has 1 atom stereocenters. The number of rotatable bonds is 9. The number of hydrogen-bond donors (Lipinski definition) is 0. The zero-order chi connectivity index (χ0) is 20.9. The summed E-state index contributed by atoms with van der Waals surface area (Å²) in [4.78, 5) is 38.4. The van der Waals surface area contributed by atoms with Gasteiger partial charge in [0.05, 0.1) is 27.1 Å². The van der Waals surface area contributed by atoms with Crippen LogP contribution in [0.2, 0.25) is 4.34 Å². The fourth-order valence-corrected chi connectivity index (χ4v) is 5.71. The van der Waals surface area contributed by atoms with Crippen LogP contribution in [0.25, 0.3) is 0 Å². The maximum Gasteiger partial charge on any atom is 0.306 e. The molecule has 2 rings (SSSR count). The molecule has 1 aromatic rings. The van der Waals surface area contributed by atoms with Crippen LogP contribution in [-0.4, -0.2) is 61.7 Å². The van der Waals surface area contributed by atoms with Crippen molar-refractivity contribution in [3.05, 3.63) is 21.3 Å². The largest absolute Gasteiger partial charge is 0.456 e. The van der Waals surface area contributed by atoms with Gasteiger partial charge in [-0.2, -0.15) is 0 Å². The fourth-order valence-electron chi connectivity index (χ4n) is 2.97. The van der Waals surface area contributed by atoms with Gasteiger partial charge in [-0.3, -0.25) is 14.4 Å². The van der Waals surface area contributed by atoms with Gasteiger partial charge >= 0.3 is 5.97 Å². The summed E-state index contributed by atoms with van der Waals surface area (Å²) >= 11 is 6.93. The molecule has 156 valence electrons. The molecule has 0 N–H and O–H groups in total. The molecular weight excluding hydrogens is 426 g/mol. The summed E-state index contributed by atoms with van der Waals surface area (Å²) in [5, 5.41) is 0. The molecule has 0 spiro atoms. The molecule has 1 aliphatic rings. The van der Waals surface area contributed by atoms with Crippen LogP contribution in [0.15, 0.2) is 12.1 Å². The zero-order valence-electron chi connectivity index (χ0n) is 15.9. The SMILES string of the molecule is CC(C)CN(C(=O)COC(=O)CCC(=O)c1ccc(Cl)s1)C1CCS(=O)(=O)C1. The highest BCUT2D eigenvalue weighted by Crippen LogP contribution is 2.23. The lowest BCUT2D eigenvalue weighted by molar-refractivity contribution is -0.153. The van der Waals surface area contributed by atoms with Gasteiger partial charge in [0.2, 0.25) is 0 Å². The molecule has 0 bridgehead atoms. The number of ketones is 1. The fraction of sp³-hybridized carbons (Fsp3) is 0.611. The van der Waals surface area contributed by atoms with Gasteiger partial charge in [0.15, 0.2) is 22.2 Å². The van der Waals surface area contributed by atoms with Gasteiger partial charge in [0.25, 0.3) is 5.91 Å². The standard InChI is InChI=1S/C18H24ClNO6S2/c1-12(2)9-20(13-7-8-28(24,25)11-13)17(22)10-26-18(23)6-3-14(21)15-4-5-16(19)27-15/h4-5,12-13H,3,6-11H2,1-2H3. The van der Waals surface area contributed by atoms with E-state index in [4.69, 9.17) is 16.3 Å². The molecule has 1 aromatic heterocycles. The van der Waals surface area contributed by atoms with Gasteiger partial charge in [0, 0.05) is 19.0 Å². The predicted molar refractivity (Wildman–Crippen MR) is 107 cm³/mol. The number of sulfone groups is 1. The van der Waals surface area contributed by atoms with Crippen LogP contribution in [0.3, 0.4) is 0 Å². The lowest BCUT2D eigenvalue weighted by Gasteiger charge is -2.29. The second-order valence-corrected chi connectivity index (χ2v) is 11.1. The van der Waals surface area contributed by atoms with Gasteiger partial charge in [0.1, 0.15) is 0 Å². The molecule has 0 aromatic carbocycles. The number of thiophene rings is 1. The normalized spacial score (nSPS) is 18.2. The number of esters is 1. The Morgan fingerprint density at radius 2 is 2.00 bits per heavy atom. The van der Waals surface area contributed by atoms with Crippen LogP contribution in [0.5, 0.6) is 0 Å². The van der Waals surface area contributed by atoms with Gasteiger partial charge in [-0.15, -0.1) is 11.3 Å². The van der Waals surface area contributed by atoms with E-state index in [2.05, 4.69) is 0 Å². The van der Waals surface area contributed by atoms with E-state index in [1.807, 2.05) is 13.8 Å². The summed E-state index contributed by atoms with van der Waals surface area (Å²) < 4.78 is 29.0. The number of nitrogens with zero attached hydrogens (tertiary/aromatic N) is 1. The van der Waals surface area contributed by atoms with E-state index in [-0.39, 0.29) is 42.1 Å². The van der Waals surface area contributed by atoms with Crippen molar-refractivity contribution in [2.24, 2.45) is 5.92 Å². The summed E-state index contributed by atoms with van der Waals surface area (Å²) in [5.74, 6) is -1.12. The first-order valence-corrected chi connectivity index (χ1v) is 12.0. The first-order valence-electron chi connectivity index (χ1n) is 9.01. The van der Waals surface area contributed by atoms with Crippen molar-refractivity contribution in [3.63, 3.8) is 0 Å². The molecule has 28 heavy (non-hydrogen) atoms. The van der Waals surface area contributed by atoms with Gasteiger partial charge in [-0.05, 0) is 24.5 Å². The lowest BCUT2D eigenvalue weighted by Crippen LogP contribution is -2.45. The second-order valence-electron chi connectivity index (χ2n) is 7.18. The van der Waals surface area contributed by atoms with E-state index in [0.29, 0.717) is 22.2 Å². The van der Waals surface area contributed by atoms with Gasteiger partial charge in [-0.25, -0.2) is 8.42 Å². The number of carbonyl (C=O) groups is 3. The zero-order valence-corrected chi connectivity index (χ0v) is 18.2. The van der Waals surface area contributed by atoms with Crippen LogP contribution < -0.4 is 0 Å². The van der Waals surface area contributed by atoms with E-state index in [0.717, 1.165) is 11.3 Å². The van der Waals surface area contributed by atoms with Crippen molar-refractivity contribution in [2.75, 3.05) is 24.7 Å². The van der Waals surface area contributed by atoms with E-state index in [1.54, 1.807) is 12.1 Å². The smallest absolute Gasteiger partial charge is 0.306 e. The van der Waals surface area contributed by atoms with E-state index in [9.17, 15) is 22.8 Å². The van der Waals surface area contributed by atoms with Crippen molar-refractivity contribution in [3.8, 4) is 0 Å². The minimum Gasteiger partial charge on any atom is -0.456 e. The van der Waals surface area contributed by atoms with E-state index >= 15 is 0 Å². The topological polar surface area (TPSA) is 97.8 Å². The lowest BCUT2D eigenvalue weighted by atomic mass is 10.1. The molecule has 1 unspecified atom stereocenters. The summed E-state index contributed by atoms with van der Waals surface area (Å²) in [6, 6.07) is 2.83. The Labute approximate surface area is 173 Å². The summed E-state index contributed by atoms with van der Waals surface area (Å²) in [7, 11) is -3.13. The Morgan fingerprint density at radius 1 is 1.29 bits per heavy atom. The molecule has 2 heterocycles. The summed E-state index contributed by atoms with van der Waals surface area (Å²) in [6.45, 7) is 3.80. The van der Waals surface area contributed by atoms with Crippen LogP contribution in [0, 0.1) is 5.92 Å². The molecule has 0 radical (unpaired) electrons. The number of hydrogen-bond acceptors (Lipinski definition) is 7. The Kier molecular flexibility index (Phi) is 8.03. The molecular formula is C18H24ClNO6S2. The summed E-state index contributed by atoms with van der Waals surface area (Å²) in [5.41, 5.74) is 0. The third kappa shape index (κ3) is 6.86. The second kappa shape index (κ2) is 9.84. The quantitative estimate of drug-likeness (QED) is 0.424. The average Bonchev–Trinajstić information content (AvgIpc) is 3.20. The minimum atomic E-state index is -3.13. The number of amides is 1. The molecule has 1 saturated heterocycles. The third-order valence-corrected chi connectivity index (χ3v) is 7.31. The van der Waals surface area contributed by atoms with Crippen LogP contribution in [0.4, 0.5) is 0 Å². The molecule has 0 aliphatic carbocycles. The van der Waals surface area contributed by atoms with Gasteiger partial charge < -0.3 is 9.64 Å². The Balaban J connectivity index is 1.83. The predicted octanol–water partition coefficient (Wildman–Crippen LogP) is 2.58. The van der Waals surface area contributed by atoms with Crippen molar-refractivity contribution < 1.29 is 27.5 Å². The maximum atomic E-state index is 12.5. The van der Waals surface area contributed by atoms with E-state index < -0.39 is 28.3 Å². The first kappa shape index (κ1) is 22.8. The minimum absolute atomic E-state index is 0.0273. The maximum absolute atomic E-state index is 12.5. The monoisotopic (exact) mass is 449 g/mol. The van der Waals surface area contributed by atoms with Crippen molar-refractivity contribution in [1.82, 2.24) is 4.90 Å².